The zero-order valence-corrected chi connectivity index (χ0v) is 13.1. The Labute approximate surface area is 123 Å². The minimum Gasteiger partial charge on any atom is -0.444 e. The summed E-state index contributed by atoms with van der Waals surface area (Å²) in [6, 6.07) is 3.32. The van der Waals surface area contributed by atoms with Crippen molar-refractivity contribution in [3.63, 3.8) is 0 Å². The van der Waals surface area contributed by atoms with Gasteiger partial charge in [-0.1, -0.05) is 19.1 Å². The molecule has 0 saturated heterocycles. The number of amides is 1. The van der Waals surface area contributed by atoms with Gasteiger partial charge in [-0.25, -0.2) is 4.79 Å². The predicted octanol–water partition coefficient (Wildman–Crippen LogP) is 3.85. The summed E-state index contributed by atoms with van der Waals surface area (Å²) in [5.74, 6) is 0. The predicted molar refractivity (Wildman–Crippen MR) is 80.9 cm³/mol. The first-order chi connectivity index (χ1) is 9.37. The van der Waals surface area contributed by atoms with E-state index in [0.717, 1.165) is 17.6 Å². The maximum absolute atomic E-state index is 11.9. The fourth-order valence-corrected chi connectivity index (χ4v) is 2.47. The molecule has 5 heteroatoms. The van der Waals surface area contributed by atoms with Crippen LogP contribution < -0.4 is 5.32 Å². The molecule has 1 amide bonds. The molecule has 0 spiro atoms. The first-order valence-electron chi connectivity index (χ1n) is 6.55. The molecule has 1 rings (SSSR count). The van der Waals surface area contributed by atoms with Crippen LogP contribution in [0, 0.1) is 0 Å². The van der Waals surface area contributed by atoms with E-state index in [0.29, 0.717) is 5.57 Å². The van der Waals surface area contributed by atoms with Gasteiger partial charge in [0.15, 0.2) is 0 Å². The first-order valence-corrected chi connectivity index (χ1v) is 7.43. The number of alkyl carbamates (subject to hydrolysis) is 1. The molecular weight excluding hydrogens is 274 g/mol. The van der Waals surface area contributed by atoms with Crippen molar-refractivity contribution in [2.24, 2.45) is 0 Å². The van der Waals surface area contributed by atoms with Crippen LogP contribution in [-0.4, -0.2) is 18.0 Å². The van der Waals surface area contributed by atoms with Crippen LogP contribution in [0.1, 0.15) is 45.0 Å². The Balaban J connectivity index is 2.92. The molecule has 20 heavy (non-hydrogen) atoms. The van der Waals surface area contributed by atoms with Gasteiger partial charge in [0.1, 0.15) is 11.9 Å². The quantitative estimate of drug-likeness (QED) is 0.663. The number of carbonyl (C=O) groups excluding carboxylic acids is 2. The number of hydrogen-bond donors (Lipinski definition) is 1. The fraction of sp³-hybridized carbons (Fsp3) is 0.467. The van der Waals surface area contributed by atoms with Crippen LogP contribution in [-0.2, 0) is 9.53 Å². The van der Waals surface area contributed by atoms with Crippen molar-refractivity contribution in [1.29, 1.82) is 0 Å². The number of thiophene rings is 1. The summed E-state index contributed by atoms with van der Waals surface area (Å²) in [7, 11) is 0. The van der Waals surface area contributed by atoms with Gasteiger partial charge in [0, 0.05) is 10.5 Å². The molecule has 0 aromatic carbocycles. The normalized spacial score (nSPS) is 13.7. The second-order valence-corrected chi connectivity index (χ2v) is 6.30. The lowest BCUT2D eigenvalue weighted by Gasteiger charge is -2.23. The number of allylic oxidation sites excluding steroid dienone is 1. The van der Waals surface area contributed by atoms with Gasteiger partial charge in [0.2, 0.25) is 0 Å². The molecule has 0 unspecified atom stereocenters. The van der Waals surface area contributed by atoms with Gasteiger partial charge in [-0.3, -0.25) is 4.79 Å². The molecule has 1 aromatic heterocycles. The van der Waals surface area contributed by atoms with Gasteiger partial charge in [-0.2, -0.15) is 0 Å². The van der Waals surface area contributed by atoms with E-state index in [2.05, 4.69) is 5.32 Å². The highest BCUT2D eigenvalue weighted by molar-refractivity contribution is 7.10. The van der Waals surface area contributed by atoms with E-state index >= 15 is 0 Å². The van der Waals surface area contributed by atoms with E-state index in [9.17, 15) is 9.59 Å². The van der Waals surface area contributed by atoms with Gasteiger partial charge in [0.25, 0.3) is 0 Å². The summed E-state index contributed by atoms with van der Waals surface area (Å²) in [5, 5.41) is 4.67. The second kappa shape index (κ2) is 7.24. The number of rotatable bonds is 5. The van der Waals surface area contributed by atoms with Crippen molar-refractivity contribution in [2.45, 2.75) is 45.8 Å². The van der Waals surface area contributed by atoms with Gasteiger partial charge in [-0.15, -0.1) is 11.3 Å². The molecular formula is C15H21NO3S. The number of nitrogens with one attached hydrogen (secondary N) is 1. The molecule has 0 radical (unpaired) electrons. The minimum atomic E-state index is -0.570. The lowest BCUT2D eigenvalue weighted by Crippen LogP contribution is -2.35. The molecule has 0 bridgehead atoms. The first kappa shape index (κ1) is 16.4. The fourth-order valence-electron chi connectivity index (χ4n) is 1.67. The summed E-state index contributed by atoms with van der Waals surface area (Å²) in [6.07, 6.45) is 2.80. The van der Waals surface area contributed by atoms with Crippen LogP contribution in [0.4, 0.5) is 4.79 Å². The molecule has 0 aliphatic heterocycles. The van der Waals surface area contributed by atoms with E-state index in [1.165, 1.54) is 11.3 Å². The average Bonchev–Trinajstić information content (AvgIpc) is 2.84. The van der Waals surface area contributed by atoms with Gasteiger partial charge in [0.05, 0.1) is 6.04 Å². The summed E-state index contributed by atoms with van der Waals surface area (Å²) in [4.78, 5) is 24.1. The lowest BCUT2D eigenvalue weighted by molar-refractivity contribution is -0.105. The lowest BCUT2D eigenvalue weighted by atomic mass is 10.1. The molecule has 4 nitrogen and oxygen atoms in total. The molecule has 0 saturated carbocycles. The Morgan fingerprint density at radius 3 is 2.65 bits per heavy atom. The topological polar surface area (TPSA) is 55.4 Å². The molecule has 0 fully saturated rings. The van der Waals surface area contributed by atoms with Crippen molar-refractivity contribution >= 4 is 23.7 Å². The maximum Gasteiger partial charge on any atom is 0.408 e. The third-order valence-electron chi connectivity index (χ3n) is 2.40. The van der Waals surface area contributed by atoms with E-state index in [1.54, 1.807) is 20.8 Å². The average molecular weight is 295 g/mol. The number of carbonyl (C=O) groups is 2. The zero-order chi connectivity index (χ0) is 15.2. The van der Waals surface area contributed by atoms with Crippen LogP contribution in [0.15, 0.2) is 29.2 Å². The van der Waals surface area contributed by atoms with Crippen molar-refractivity contribution in [3.8, 4) is 0 Å². The Morgan fingerprint density at radius 1 is 1.50 bits per heavy atom. The monoisotopic (exact) mass is 295 g/mol. The Kier molecular flexibility index (Phi) is 5.95. The highest BCUT2D eigenvalue weighted by Gasteiger charge is 2.23. The Bertz CT molecular complexity index is 472. The Morgan fingerprint density at radius 2 is 2.20 bits per heavy atom. The number of hydrogen-bond acceptors (Lipinski definition) is 4. The molecule has 0 aliphatic carbocycles. The van der Waals surface area contributed by atoms with Crippen LogP contribution in [0.3, 0.4) is 0 Å². The smallest absolute Gasteiger partial charge is 0.408 e. The number of ether oxygens (including phenoxy) is 1. The molecule has 1 N–H and O–H groups in total. The maximum atomic E-state index is 11.9. The van der Waals surface area contributed by atoms with Gasteiger partial charge < -0.3 is 10.1 Å². The standard InChI is InChI=1S/C15H21NO3S/c1-5-7-11(10-17)13(12-8-6-9-20-12)16-14(18)19-15(2,3)4/h6-10,13H,5H2,1-4H3,(H,16,18)/b11-7-/t13-/m0/s1. The summed E-state index contributed by atoms with van der Waals surface area (Å²) < 4.78 is 5.25. The van der Waals surface area contributed by atoms with Crippen molar-refractivity contribution in [2.75, 3.05) is 0 Å². The third-order valence-corrected chi connectivity index (χ3v) is 3.34. The van der Waals surface area contributed by atoms with Crippen molar-refractivity contribution in [3.05, 3.63) is 34.0 Å². The number of aldehydes is 1. The third kappa shape index (κ3) is 5.17. The molecule has 110 valence electrons. The van der Waals surface area contributed by atoms with E-state index in [1.807, 2.05) is 30.5 Å². The van der Waals surface area contributed by atoms with Crippen molar-refractivity contribution < 1.29 is 14.3 Å². The van der Waals surface area contributed by atoms with Crippen LogP contribution in [0.25, 0.3) is 0 Å². The van der Waals surface area contributed by atoms with Gasteiger partial charge >= 0.3 is 6.09 Å². The molecule has 1 atom stereocenters. The summed E-state index contributed by atoms with van der Waals surface area (Å²) in [6.45, 7) is 7.35. The SMILES string of the molecule is CC/C=C(/C=O)[C@H](NC(=O)OC(C)(C)C)c1cccs1. The second-order valence-electron chi connectivity index (χ2n) is 5.32. The molecule has 0 aliphatic rings. The largest absolute Gasteiger partial charge is 0.444 e. The Hall–Kier alpha value is -1.62. The zero-order valence-electron chi connectivity index (χ0n) is 12.3. The van der Waals surface area contributed by atoms with Crippen LogP contribution in [0.5, 0.6) is 0 Å². The summed E-state index contributed by atoms with van der Waals surface area (Å²) in [5.41, 5.74) is -0.0271. The highest BCUT2D eigenvalue weighted by Crippen LogP contribution is 2.25. The molecule has 1 heterocycles. The van der Waals surface area contributed by atoms with E-state index < -0.39 is 17.7 Å². The van der Waals surface area contributed by atoms with E-state index in [-0.39, 0.29) is 0 Å². The van der Waals surface area contributed by atoms with Crippen LogP contribution in [0.2, 0.25) is 0 Å². The highest BCUT2D eigenvalue weighted by atomic mass is 32.1. The minimum absolute atomic E-state index is 0.456. The summed E-state index contributed by atoms with van der Waals surface area (Å²) >= 11 is 1.49. The molecule has 1 aromatic rings. The van der Waals surface area contributed by atoms with E-state index in [4.69, 9.17) is 4.74 Å². The van der Waals surface area contributed by atoms with Crippen LogP contribution >= 0.6 is 11.3 Å². The van der Waals surface area contributed by atoms with Crippen molar-refractivity contribution in [1.82, 2.24) is 5.32 Å². The van der Waals surface area contributed by atoms with Gasteiger partial charge in [-0.05, 0) is 38.6 Å².